The van der Waals surface area contributed by atoms with Gasteiger partial charge in [0.15, 0.2) is 0 Å². The number of aromatic nitrogens is 1. The molecule has 1 aromatic carbocycles. The summed E-state index contributed by atoms with van der Waals surface area (Å²) in [6.45, 7) is 0.895. The molecule has 1 fully saturated rings. The first-order chi connectivity index (χ1) is 10.2. The van der Waals surface area contributed by atoms with E-state index in [1.165, 1.54) is 6.42 Å². The van der Waals surface area contributed by atoms with Gasteiger partial charge in [-0.1, -0.05) is 30.5 Å². The van der Waals surface area contributed by atoms with Crippen LogP contribution in [0.25, 0.3) is 10.9 Å². The van der Waals surface area contributed by atoms with Crippen molar-refractivity contribution in [1.29, 1.82) is 0 Å². The molecule has 1 aliphatic rings. The highest BCUT2D eigenvalue weighted by molar-refractivity contribution is 6.32. The predicted octanol–water partition coefficient (Wildman–Crippen LogP) is 3.36. The molecule has 110 valence electrons. The van der Waals surface area contributed by atoms with Crippen LogP contribution in [0, 0.1) is 0 Å². The molecule has 1 unspecified atom stereocenters. The van der Waals surface area contributed by atoms with E-state index in [-0.39, 0.29) is 11.9 Å². The third kappa shape index (κ3) is 3.34. The van der Waals surface area contributed by atoms with E-state index in [0.29, 0.717) is 10.7 Å². The van der Waals surface area contributed by atoms with Crippen molar-refractivity contribution in [3.8, 4) is 0 Å². The number of carbonyl (C=O) groups is 1. The van der Waals surface area contributed by atoms with E-state index in [2.05, 4.69) is 15.6 Å². The highest BCUT2D eigenvalue weighted by atomic mass is 35.5. The SMILES string of the molecule is O=C(Nc1cc(Cl)cc2cccnc12)C1CCCCCN1. The van der Waals surface area contributed by atoms with Gasteiger partial charge >= 0.3 is 0 Å². The van der Waals surface area contributed by atoms with Gasteiger partial charge in [0.2, 0.25) is 5.91 Å². The normalized spacial score (nSPS) is 19.2. The van der Waals surface area contributed by atoms with Crippen LogP contribution in [-0.4, -0.2) is 23.5 Å². The monoisotopic (exact) mass is 303 g/mol. The standard InChI is InChI=1S/C16H18ClN3O/c17-12-9-11-5-4-8-19-15(11)14(10-12)20-16(21)13-6-2-1-3-7-18-13/h4-5,8-10,13,18H,1-3,6-7H2,(H,20,21). The molecule has 21 heavy (non-hydrogen) atoms. The van der Waals surface area contributed by atoms with Crippen LogP contribution >= 0.6 is 11.6 Å². The predicted molar refractivity (Wildman–Crippen MR) is 85.6 cm³/mol. The molecule has 4 nitrogen and oxygen atoms in total. The molecule has 5 heteroatoms. The molecule has 1 aliphatic heterocycles. The Morgan fingerprint density at radius 1 is 1.33 bits per heavy atom. The van der Waals surface area contributed by atoms with Crippen LogP contribution in [0.3, 0.4) is 0 Å². The molecular formula is C16H18ClN3O. The molecule has 2 aromatic rings. The summed E-state index contributed by atoms with van der Waals surface area (Å²) >= 11 is 6.12. The first-order valence-electron chi connectivity index (χ1n) is 7.32. The van der Waals surface area contributed by atoms with E-state index < -0.39 is 0 Å². The number of amides is 1. The number of anilines is 1. The number of carbonyl (C=O) groups excluding carboxylic acids is 1. The fraction of sp³-hybridized carbons (Fsp3) is 0.375. The Labute approximate surface area is 128 Å². The largest absolute Gasteiger partial charge is 0.323 e. The number of nitrogens with zero attached hydrogens (tertiary/aromatic N) is 1. The summed E-state index contributed by atoms with van der Waals surface area (Å²) in [5.74, 6) is -0.00822. The first-order valence-corrected chi connectivity index (χ1v) is 7.70. The maximum absolute atomic E-state index is 12.4. The lowest BCUT2D eigenvalue weighted by Gasteiger charge is -2.16. The molecule has 0 saturated carbocycles. The second kappa shape index (κ2) is 6.41. The van der Waals surface area contributed by atoms with Crippen LogP contribution in [0.2, 0.25) is 5.02 Å². The quantitative estimate of drug-likeness (QED) is 0.894. The maximum Gasteiger partial charge on any atom is 0.241 e. The van der Waals surface area contributed by atoms with Crippen LogP contribution in [0.1, 0.15) is 25.7 Å². The van der Waals surface area contributed by atoms with E-state index in [9.17, 15) is 4.79 Å². The summed E-state index contributed by atoms with van der Waals surface area (Å²) in [4.78, 5) is 16.8. The maximum atomic E-state index is 12.4. The molecule has 0 aliphatic carbocycles. The average Bonchev–Trinajstić information content (AvgIpc) is 2.76. The number of rotatable bonds is 2. The highest BCUT2D eigenvalue weighted by Gasteiger charge is 2.20. The third-order valence-electron chi connectivity index (χ3n) is 3.80. The van der Waals surface area contributed by atoms with Crippen molar-refractivity contribution in [2.24, 2.45) is 0 Å². The second-order valence-corrected chi connectivity index (χ2v) is 5.81. The molecular weight excluding hydrogens is 286 g/mol. The Morgan fingerprint density at radius 3 is 3.14 bits per heavy atom. The van der Waals surface area contributed by atoms with Crippen LogP contribution < -0.4 is 10.6 Å². The molecule has 1 atom stereocenters. The van der Waals surface area contributed by atoms with Crippen molar-refractivity contribution in [1.82, 2.24) is 10.3 Å². The van der Waals surface area contributed by atoms with Gasteiger partial charge in [-0.05, 0) is 37.6 Å². The lowest BCUT2D eigenvalue weighted by Crippen LogP contribution is -2.39. The fourth-order valence-corrected chi connectivity index (χ4v) is 2.95. The summed E-state index contributed by atoms with van der Waals surface area (Å²) in [6.07, 6.45) is 5.98. The zero-order valence-electron chi connectivity index (χ0n) is 11.7. The number of pyridine rings is 1. The number of halogens is 1. The van der Waals surface area contributed by atoms with Gasteiger partial charge in [-0.2, -0.15) is 0 Å². The van der Waals surface area contributed by atoms with Crippen molar-refractivity contribution in [3.63, 3.8) is 0 Å². The topological polar surface area (TPSA) is 54.0 Å². The number of fused-ring (bicyclic) bond motifs is 1. The Kier molecular flexibility index (Phi) is 4.36. The van der Waals surface area contributed by atoms with Crippen LogP contribution in [0.5, 0.6) is 0 Å². The second-order valence-electron chi connectivity index (χ2n) is 5.37. The number of hydrogen-bond acceptors (Lipinski definition) is 3. The van der Waals surface area contributed by atoms with Crippen molar-refractivity contribution in [2.45, 2.75) is 31.7 Å². The fourth-order valence-electron chi connectivity index (χ4n) is 2.72. The van der Waals surface area contributed by atoms with Crippen LogP contribution in [0.4, 0.5) is 5.69 Å². The van der Waals surface area contributed by atoms with E-state index in [4.69, 9.17) is 11.6 Å². The minimum atomic E-state index is -0.134. The molecule has 2 heterocycles. The van der Waals surface area contributed by atoms with Gasteiger partial charge in [0, 0.05) is 16.6 Å². The van der Waals surface area contributed by atoms with Crippen LogP contribution in [0.15, 0.2) is 30.5 Å². The van der Waals surface area contributed by atoms with Crippen molar-refractivity contribution >= 4 is 34.1 Å². The first kappa shape index (κ1) is 14.3. The Balaban J connectivity index is 1.85. The third-order valence-corrected chi connectivity index (χ3v) is 4.02. The lowest BCUT2D eigenvalue weighted by atomic mass is 10.1. The zero-order valence-corrected chi connectivity index (χ0v) is 12.5. The summed E-state index contributed by atoms with van der Waals surface area (Å²) in [7, 11) is 0. The van der Waals surface area contributed by atoms with Gasteiger partial charge in [-0.3, -0.25) is 9.78 Å². The van der Waals surface area contributed by atoms with E-state index >= 15 is 0 Å². The minimum absolute atomic E-state index is 0.00822. The zero-order chi connectivity index (χ0) is 14.7. The van der Waals surface area contributed by atoms with Gasteiger partial charge in [0.1, 0.15) is 0 Å². The summed E-state index contributed by atoms with van der Waals surface area (Å²) in [6, 6.07) is 7.27. The molecule has 1 amide bonds. The van der Waals surface area contributed by atoms with Crippen molar-refractivity contribution in [3.05, 3.63) is 35.5 Å². The highest BCUT2D eigenvalue weighted by Crippen LogP contribution is 2.26. The van der Waals surface area contributed by atoms with Gasteiger partial charge in [0.05, 0.1) is 17.2 Å². The molecule has 1 aromatic heterocycles. The average molecular weight is 304 g/mol. The minimum Gasteiger partial charge on any atom is -0.323 e. The Morgan fingerprint density at radius 2 is 2.24 bits per heavy atom. The van der Waals surface area contributed by atoms with Crippen LogP contribution in [-0.2, 0) is 4.79 Å². The molecule has 0 spiro atoms. The van der Waals surface area contributed by atoms with E-state index in [1.807, 2.05) is 18.2 Å². The van der Waals surface area contributed by atoms with Gasteiger partial charge in [0.25, 0.3) is 0 Å². The number of hydrogen-bond donors (Lipinski definition) is 2. The summed E-state index contributed by atoms with van der Waals surface area (Å²) in [5, 5.41) is 7.80. The van der Waals surface area contributed by atoms with Gasteiger partial charge in [-0.25, -0.2) is 0 Å². The lowest BCUT2D eigenvalue weighted by molar-refractivity contribution is -0.118. The summed E-state index contributed by atoms with van der Waals surface area (Å²) < 4.78 is 0. The van der Waals surface area contributed by atoms with Gasteiger partial charge in [-0.15, -0.1) is 0 Å². The number of nitrogens with one attached hydrogen (secondary N) is 2. The van der Waals surface area contributed by atoms with E-state index in [1.54, 1.807) is 12.3 Å². The molecule has 3 rings (SSSR count). The van der Waals surface area contributed by atoms with Gasteiger partial charge < -0.3 is 10.6 Å². The Bertz CT molecular complexity index is 651. The Hall–Kier alpha value is -1.65. The smallest absolute Gasteiger partial charge is 0.241 e. The van der Waals surface area contributed by atoms with E-state index in [0.717, 1.165) is 36.7 Å². The molecule has 0 bridgehead atoms. The molecule has 2 N–H and O–H groups in total. The number of benzene rings is 1. The molecule has 0 radical (unpaired) electrons. The van der Waals surface area contributed by atoms with Crippen molar-refractivity contribution in [2.75, 3.05) is 11.9 Å². The van der Waals surface area contributed by atoms with Crippen molar-refractivity contribution < 1.29 is 4.79 Å². The summed E-state index contributed by atoms with van der Waals surface area (Å²) in [5.41, 5.74) is 1.44. The molecule has 1 saturated heterocycles.